The zero-order chi connectivity index (χ0) is 16.8. The van der Waals surface area contributed by atoms with Crippen molar-refractivity contribution < 1.29 is 4.79 Å². The number of nitrogens with zero attached hydrogens (tertiary/aromatic N) is 2. The molecule has 3 rings (SSSR count). The van der Waals surface area contributed by atoms with Crippen LogP contribution in [0.2, 0.25) is 0 Å². The largest absolute Gasteiger partial charge is 0.340 e. The summed E-state index contributed by atoms with van der Waals surface area (Å²) in [7, 11) is 0. The molecule has 0 spiro atoms. The zero-order valence-electron chi connectivity index (χ0n) is 14.0. The Labute approximate surface area is 143 Å². The highest BCUT2D eigenvalue weighted by Crippen LogP contribution is 2.19. The Bertz CT molecular complexity index is 636. The van der Waals surface area contributed by atoms with E-state index < -0.39 is 0 Å². The summed E-state index contributed by atoms with van der Waals surface area (Å²) < 4.78 is 0. The van der Waals surface area contributed by atoms with Gasteiger partial charge in [0.05, 0.1) is 5.92 Å². The normalized spacial score (nSPS) is 16.8. The van der Waals surface area contributed by atoms with Crippen LogP contribution in [0.3, 0.4) is 0 Å². The zero-order valence-corrected chi connectivity index (χ0v) is 14.0. The average molecular weight is 323 g/mol. The molecule has 0 saturated carbocycles. The molecule has 1 unspecified atom stereocenters. The van der Waals surface area contributed by atoms with Crippen LogP contribution in [0.4, 0.5) is 0 Å². The van der Waals surface area contributed by atoms with E-state index in [1.165, 1.54) is 5.56 Å². The molecule has 2 aromatic carbocycles. The van der Waals surface area contributed by atoms with E-state index in [1.54, 1.807) is 0 Å². The molecule has 0 aliphatic carbocycles. The van der Waals surface area contributed by atoms with Crippen LogP contribution in [0.5, 0.6) is 0 Å². The number of hydrogen-bond acceptors (Lipinski definition) is 3. The van der Waals surface area contributed by atoms with Crippen molar-refractivity contribution in [2.45, 2.75) is 12.5 Å². The molecule has 4 heteroatoms. The standard InChI is InChI=1S/C20H25N3O/c21-15-19(18-9-5-2-6-10-18)20(24)23-13-11-22(12-14-23)16-17-7-3-1-4-8-17/h1-10,19H,11-16,21H2. The fourth-order valence-corrected chi connectivity index (χ4v) is 3.25. The SMILES string of the molecule is NCC(C(=O)N1CCN(Cc2ccccc2)CC1)c1ccccc1. The van der Waals surface area contributed by atoms with Crippen molar-refractivity contribution in [1.82, 2.24) is 9.80 Å². The van der Waals surface area contributed by atoms with Crippen molar-refractivity contribution in [3.63, 3.8) is 0 Å². The number of nitrogens with two attached hydrogens (primary N) is 1. The van der Waals surface area contributed by atoms with Crippen molar-refractivity contribution in [3.05, 3.63) is 71.8 Å². The lowest BCUT2D eigenvalue weighted by atomic mass is 9.97. The summed E-state index contributed by atoms with van der Waals surface area (Å²) in [6.45, 7) is 4.67. The van der Waals surface area contributed by atoms with Gasteiger partial charge in [0.15, 0.2) is 0 Å². The summed E-state index contributed by atoms with van der Waals surface area (Å²) in [6.07, 6.45) is 0. The van der Waals surface area contributed by atoms with Gasteiger partial charge in [0.2, 0.25) is 5.91 Å². The number of carbonyl (C=O) groups excluding carboxylic acids is 1. The molecule has 0 bridgehead atoms. The van der Waals surface area contributed by atoms with Crippen LogP contribution in [-0.2, 0) is 11.3 Å². The van der Waals surface area contributed by atoms with Gasteiger partial charge < -0.3 is 10.6 Å². The van der Waals surface area contributed by atoms with Crippen LogP contribution < -0.4 is 5.73 Å². The third kappa shape index (κ3) is 4.02. The second kappa shape index (κ2) is 8.08. The van der Waals surface area contributed by atoms with Gasteiger partial charge in [0, 0.05) is 39.3 Å². The summed E-state index contributed by atoms with van der Waals surface area (Å²) in [5, 5.41) is 0. The molecule has 1 saturated heterocycles. The van der Waals surface area contributed by atoms with Crippen molar-refractivity contribution >= 4 is 5.91 Å². The molecule has 1 heterocycles. The molecule has 1 aliphatic heterocycles. The first-order valence-corrected chi connectivity index (χ1v) is 8.58. The van der Waals surface area contributed by atoms with Crippen molar-refractivity contribution in [1.29, 1.82) is 0 Å². The summed E-state index contributed by atoms with van der Waals surface area (Å²) in [4.78, 5) is 17.2. The fraction of sp³-hybridized carbons (Fsp3) is 0.350. The Balaban J connectivity index is 1.56. The Kier molecular flexibility index (Phi) is 5.62. The minimum absolute atomic E-state index is 0.156. The van der Waals surface area contributed by atoms with Crippen molar-refractivity contribution in [3.8, 4) is 0 Å². The van der Waals surface area contributed by atoms with E-state index in [1.807, 2.05) is 41.3 Å². The summed E-state index contributed by atoms with van der Waals surface area (Å²) in [5.41, 5.74) is 8.22. The predicted octanol–water partition coefficient (Wildman–Crippen LogP) is 2.07. The number of amides is 1. The van der Waals surface area contributed by atoms with Crippen molar-refractivity contribution in [2.24, 2.45) is 5.73 Å². The lowest BCUT2D eigenvalue weighted by molar-refractivity contribution is -0.134. The molecule has 1 amide bonds. The molecule has 1 atom stereocenters. The maximum atomic E-state index is 12.8. The Hall–Kier alpha value is -2.17. The highest BCUT2D eigenvalue weighted by Gasteiger charge is 2.27. The first-order valence-electron chi connectivity index (χ1n) is 8.58. The third-order valence-corrected chi connectivity index (χ3v) is 4.67. The Morgan fingerprint density at radius 2 is 1.50 bits per heavy atom. The predicted molar refractivity (Wildman–Crippen MR) is 96.5 cm³/mol. The molecule has 4 nitrogen and oxygen atoms in total. The van der Waals surface area contributed by atoms with E-state index in [9.17, 15) is 4.79 Å². The van der Waals surface area contributed by atoms with Gasteiger partial charge in [0.1, 0.15) is 0 Å². The van der Waals surface area contributed by atoms with E-state index in [2.05, 4.69) is 29.2 Å². The first kappa shape index (κ1) is 16.7. The minimum Gasteiger partial charge on any atom is -0.340 e. The van der Waals surface area contributed by atoms with Gasteiger partial charge >= 0.3 is 0 Å². The number of rotatable bonds is 5. The van der Waals surface area contributed by atoms with Crippen LogP contribution in [0.25, 0.3) is 0 Å². The van der Waals surface area contributed by atoms with E-state index in [4.69, 9.17) is 5.73 Å². The molecule has 0 aromatic heterocycles. The van der Waals surface area contributed by atoms with Crippen LogP contribution in [0.1, 0.15) is 17.0 Å². The molecule has 126 valence electrons. The van der Waals surface area contributed by atoms with Crippen LogP contribution in [0, 0.1) is 0 Å². The maximum absolute atomic E-state index is 12.8. The second-order valence-electron chi connectivity index (χ2n) is 6.29. The number of benzene rings is 2. The molecule has 2 aromatic rings. The van der Waals surface area contributed by atoms with Gasteiger partial charge in [0.25, 0.3) is 0 Å². The van der Waals surface area contributed by atoms with Gasteiger partial charge in [-0.2, -0.15) is 0 Å². The third-order valence-electron chi connectivity index (χ3n) is 4.67. The lowest BCUT2D eigenvalue weighted by Gasteiger charge is -2.36. The van der Waals surface area contributed by atoms with Gasteiger partial charge in [-0.15, -0.1) is 0 Å². The smallest absolute Gasteiger partial charge is 0.231 e. The molecular formula is C20H25N3O. The molecule has 1 fully saturated rings. The van der Waals surface area contributed by atoms with Crippen LogP contribution in [0.15, 0.2) is 60.7 Å². The van der Waals surface area contributed by atoms with E-state index in [0.717, 1.165) is 38.3 Å². The van der Waals surface area contributed by atoms with Gasteiger partial charge in [-0.25, -0.2) is 0 Å². The first-order chi connectivity index (χ1) is 11.8. The van der Waals surface area contributed by atoms with Gasteiger partial charge in [-0.3, -0.25) is 9.69 Å². The fourth-order valence-electron chi connectivity index (χ4n) is 3.25. The topological polar surface area (TPSA) is 49.6 Å². The molecule has 2 N–H and O–H groups in total. The summed E-state index contributed by atoms with van der Waals surface area (Å²) in [5.74, 6) is -0.0741. The Morgan fingerprint density at radius 1 is 0.917 bits per heavy atom. The quantitative estimate of drug-likeness (QED) is 0.916. The number of hydrogen-bond donors (Lipinski definition) is 1. The van der Waals surface area contributed by atoms with Gasteiger partial charge in [-0.05, 0) is 11.1 Å². The monoisotopic (exact) mass is 323 g/mol. The highest BCUT2D eigenvalue weighted by atomic mass is 16.2. The summed E-state index contributed by atoms with van der Waals surface area (Å²) in [6, 6.07) is 20.3. The molecular weight excluding hydrogens is 298 g/mol. The van der Waals surface area contributed by atoms with E-state index >= 15 is 0 Å². The minimum atomic E-state index is -0.230. The number of piperazine rings is 1. The Morgan fingerprint density at radius 3 is 2.08 bits per heavy atom. The summed E-state index contributed by atoms with van der Waals surface area (Å²) >= 11 is 0. The van der Waals surface area contributed by atoms with Crippen LogP contribution >= 0.6 is 0 Å². The van der Waals surface area contributed by atoms with Gasteiger partial charge in [-0.1, -0.05) is 60.7 Å². The maximum Gasteiger partial charge on any atom is 0.231 e. The molecule has 0 radical (unpaired) electrons. The highest BCUT2D eigenvalue weighted by molar-refractivity contribution is 5.84. The average Bonchev–Trinajstić information content (AvgIpc) is 2.65. The van der Waals surface area contributed by atoms with E-state index in [-0.39, 0.29) is 11.8 Å². The number of carbonyl (C=O) groups is 1. The van der Waals surface area contributed by atoms with E-state index in [0.29, 0.717) is 6.54 Å². The van der Waals surface area contributed by atoms with Crippen LogP contribution in [-0.4, -0.2) is 48.4 Å². The second-order valence-corrected chi connectivity index (χ2v) is 6.29. The van der Waals surface area contributed by atoms with Crippen molar-refractivity contribution in [2.75, 3.05) is 32.7 Å². The lowest BCUT2D eigenvalue weighted by Crippen LogP contribution is -2.50. The molecule has 24 heavy (non-hydrogen) atoms. The molecule has 1 aliphatic rings.